The van der Waals surface area contributed by atoms with Crippen LogP contribution in [0.2, 0.25) is 0 Å². The average molecular weight is 348 g/mol. The number of carbonyl (C=O) groups is 3. The number of carboxylic acid groups (broad SMARTS) is 1. The van der Waals surface area contributed by atoms with Crippen molar-refractivity contribution in [3.8, 4) is 11.5 Å². The van der Waals surface area contributed by atoms with E-state index in [1.807, 2.05) is 0 Å². The summed E-state index contributed by atoms with van der Waals surface area (Å²) in [4.78, 5) is 37.8. The molecule has 1 saturated heterocycles. The van der Waals surface area contributed by atoms with E-state index in [2.05, 4.69) is 5.32 Å². The van der Waals surface area contributed by atoms with E-state index in [4.69, 9.17) is 14.6 Å². The molecule has 25 heavy (non-hydrogen) atoms. The summed E-state index contributed by atoms with van der Waals surface area (Å²) >= 11 is 0. The average Bonchev–Trinajstić information content (AvgIpc) is 3.26. The predicted octanol–water partition coefficient (Wildman–Crippen LogP) is 0.999. The lowest BCUT2D eigenvalue weighted by Crippen LogP contribution is -2.50. The number of benzene rings is 1. The normalized spacial score (nSPS) is 19.6. The Morgan fingerprint density at radius 3 is 2.80 bits per heavy atom. The SMILES string of the molecule is CCC(NC(=O)C1CCCN1C(=O)c1ccc2c(c1)OCO2)C(=O)O. The standard InChI is InChI=1S/C17H20N2O6/c1-2-11(17(22)23)18-15(20)12-4-3-7-19(12)16(21)10-5-6-13-14(8-10)25-9-24-13/h5-6,8,11-12H,2-4,7,9H2,1H3,(H,18,20)(H,22,23). The Balaban J connectivity index is 1.73. The van der Waals surface area contributed by atoms with Gasteiger partial charge in [0.15, 0.2) is 11.5 Å². The van der Waals surface area contributed by atoms with Crippen LogP contribution >= 0.6 is 0 Å². The van der Waals surface area contributed by atoms with Crippen molar-refractivity contribution in [3.63, 3.8) is 0 Å². The minimum absolute atomic E-state index is 0.120. The van der Waals surface area contributed by atoms with Crippen LogP contribution in [0.25, 0.3) is 0 Å². The molecule has 2 aliphatic rings. The fourth-order valence-corrected chi connectivity index (χ4v) is 3.08. The largest absolute Gasteiger partial charge is 0.480 e. The molecule has 0 aromatic heterocycles. The molecule has 0 bridgehead atoms. The van der Waals surface area contributed by atoms with E-state index in [9.17, 15) is 14.4 Å². The second kappa shape index (κ2) is 7.00. The van der Waals surface area contributed by atoms with Crippen molar-refractivity contribution < 1.29 is 29.0 Å². The fourth-order valence-electron chi connectivity index (χ4n) is 3.08. The summed E-state index contributed by atoms with van der Waals surface area (Å²) < 4.78 is 10.5. The molecule has 2 amide bonds. The van der Waals surface area contributed by atoms with Crippen molar-refractivity contribution in [2.24, 2.45) is 0 Å². The summed E-state index contributed by atoms with van der Waals surface area (Å²) in [5, 5.41) is 11.6. The lowest BCUT2D eigenvalue weighted by molar-refractivity contribution is -0.142. The van der Waals surface area contributed by atoms with Crippen LogP contribution < -0.4 is 14.8 Å². The van der Waals surface area contributed by atoms with Gasteiger partial charge in [0.05, 0.1) is 0 Å². The van der Waals surface area contributed by atoms with Crippen molar-refractivity contribution in [1.82, 2.24) is 10.2 Å². The third-order valence-corrected chi connectivity index (χ3v) is 4.46. The van der Waals surface area contributed by atoms with Gasteiger partial charge in [0, 0.05) is 12.1 Å². The number of hydrogen-bond donors (Lipinski definition) is 2. The molecule has 3 rings (SSSR count). The number of ether oxygens (including phenoxy) is 2. The summed E-state index contributed by atoms with van der Waals surface area (Å²) in [7, 11) is 0. The molecule has 0 saturated carbocycles. The monoisotopic (exact) mass is 348 g/mol. The maximum atomic E-state index is 12.8. The molecule has 2 heterocycles. The highest BCUT2D eigenvalue weighted by molar-refractivity contribution is 5.99. The Kier molecular flexibility index (Phi) is 4.78. The number of aliphatic carboxylic acids is 1. The van der Waals surface area contributed by atoms with Crippen LogP contribution in [0, 0.1) is 0 Å². The molecule has 1 fully saturated rings. The second-order valence-corrected chi connectivity index (χ2v) is 6.03. The number of likely N-dealkylation sites (tertiary alicyclic amines) is 1. The lowest BCUT2D eigenvalue weighted by Gasteiger charge is -2.25. The molecule has 8 heteroatoms. The number of nitrogens with one attached hydrogen (secondary N) is 1. The zero-order valence-corrected chi connectivity index (χ0v) is 13.9. The molecule has 134 valence electrons. The molecule has 0 radical (unpaired) electrons. The van der Waals surface area contributed by atoms with Crippen LogP contribution in [-0.4, -0.2) is 53.2 Å². The summed E-state index contributed by atoms with van der Waals surface area (Å²) in [6.45, 7) is 2.26. The molecule has 0 aliphatic carbocycles. The van der Waals surface area contributed by atoms with Gasteiger partial charge >= 0.3 is 5.97 Å². The molecule has 1 aromatic rings. The van der Waals surface area contributed by atoms with Gasteiger partial charge in [0.1, 0.15) is 12.1 Å². The van der Waals surface area contributed by atoms with Crippen LogP contribution in [-0.2, 0) is 9.59 Å². The van der Waals surface area contributed by atoms with Gasteiger partial charge in [-0.05, 0) is 37.5 Å². The third kappa shape index (κ3) is 3.38. The molecule has 2 unspecified atom stereocenters. The zero-order chi connectivity index (χ0) is 18.0. The Bertz CT molecular complexity index is 704. The number of hydrogen-bond acceptors (Lipinski definition) is 5. The smallest absolute Gasteiger partial charge is 0.326 e. The van der Waals surface area contributed by atoms with Gasteiger partial charge in [0.2, 0.25) is 12.7 Å². The summed E-state index contributed by atoms with van der Waals surface area (Å²) in [5.74, 6) is -0.704. The highest BCUT2D eigenvalue weighted by atomic mass is 16.7. The van der Waals surface area contributed by atoms with Gasteiger partial charge in [-0.15, -0.1) is 0 Å². The zero-order valence-electron chi connectivity index (χ0n) is 13.9. The molecule has 1 aromatic carbocycles. The van der Waals surface area contributed by atoms with Gasteiger partial charge in [0.25, 0.3) is 5.91 Å². The maximum absolute atomic E-state index is 12.8. The van der Waals surface area contributed by atoms with Crippen LogP contribution in [0.4, 0.5) is 0 Å². The molecule has 2 N–H and O–H groups in total. The highest BCUT2D eigenvalue weighted by Crippen LogP contribution is 2.33. The van der Waals surface area contributed by atoms with E-state index in [0.717, 1.165) is 0 Å². The van der Waals surface area contributed by atoms with Gasteiger partial charge in [-0.3, -0.25) is 9.59 Å². The quantitative estimate of drug-likeness (QED) is 0.822. The molecule has 2 aliphatic heterocycles. The molecule has 8 nitrogen and oxygen atoms in total. The van der Waals surface area contributed by atoms with E-state index in [-0.39, 0.29) is 19.1 Å². The minimum atomic E-state index is -1.08. The second-order valence-electron chi connectivity index (χ2n) is 6.03. The Morgan fingerprint density at radius 2 is 2.08 bits per heavy atom. The molecule has 2 atom stereocenters. The Morgan fingerprint density at radius 1 is 1.32 bits per heavy atom. The minimum Gasteiger partial charge on any atom is -0.480 e. The first-order chi connectivity index (χ1) is 12.0. The highest BCUT2D eigenvalue weighted by Gasteiger charge is 2.36. The lowest BCUT2D eigenvalue weighted by atomic mass is 10.1. The van der Waals surface area contributed by atoms with Crippen molar-refractivity contribution in [2.75, 3.05) is 13.3 Å². The van der Waals surface area contributed by atoms with Crippen molar-refractivity contribution >= 4 is 17.8 Å². The van der Waals surface area contributed by atoms with E-state index < -0.39 is 24.0 Å². The van der Waals surface area contributed by atoms with Crippen molar-refractivity contribution in [3.05, 3.63) is 23.8 Å². The van der Waals surface area contributed by atoms with Gasteiger partial charge < -0.3 is 24.8 Å². The first kappa shape index (κ1) is 17.1. The number of carboxylic acids is 1. The van der Waals surface area contributed by atoms with E-state index in [1.165, 1.54) is 4.90 Å². The maximum Gasteiger partial charge on any atom is 0.326 e. The number of carbonyl (C=O) groups excluding carboxylic acids is 2. The van der Waals surface area contributed by atoms with Crippen LogP contribution in [0.1, 0.15) is 36.5 Å². The summed E-state index contributed by atoms with van der Waals surface area (Å²) in [6.07, 6.45) is 1.49. The van der Waals surface area contributed by atoms with Gasteiger partial charge in [-0.2, -0.15) is 0 Å². The molecule has 0 spiro atoms. The van der Waals surface area contributed by atoms with Crippen molar-refractivity contribution in [2.45, 2.75) is 38.3 Å². The van der Waals surface area contributed by atoms with E-state index >= 15 is 0 Å². The number of rotatable bonds is 5. The van der Waals surface area contributed by atoms with E-state index in [1.54, 1.807) is 25.1 Å². The van der Waals surface area contributed by atoms with Crippen LogP contribution in [0.5, 0.6) is 11.5 Å². The molecular formula is C17H20N2O6. The van der Waals surface area contributed by atoms with Gasteiger partial charge in [-0.25, -0.2) is 4.79 Å². The molecular weight excluding hydrogens is 328 g/mol. The Hall–Kier alpha value is -2.77. The topological polar surface area (TPSA) is 105 Å². The van der Waals surface area contributed by atoms with Crippen LogP contribution in [0.15, 0.2) is 18.2 Å². The van der Waals surface area contributed by atoms with Crippen LogP contribution in [0.3, 0.4) is 0 Å². The third-order valence-electron chi connectivity index (χ3n) is 4.46. The number of nitrogens with zero attached hydrogens (tertiary/aromatic N) is 1. The Labute approximate surface area is 144 Å². The number of fused-ring (bicyclic) bond motifs is 1. The first-order valence-electron chi connectivity index (χ1n) is 8.25. The van der Waals surface area contributed by atoms with Gasteiger partial charge in [-0.1, -0.05) is 6.92 Å². The summed E-state index contributed by atoms with van der Waals surface area (Å²) in [6, 6.07) is 3.29. The van der Waals surface area contributed by atoms with E-state index in [0.29, 0.717) is 36.4 Å². The fraction of sp³-hybridized carbons (Fsp3) is 0.471. The van der Waals surface area contributed by atoms with Crippen molar-refractivity contribution in [1.29, 1.82) is 0 Å². The predicted molar refractivity (Wildman–Crippen MR) is 86.5 cm³/mol. The summed E-state index contributed by atoms with van der Waals surface area (Å²) in [5.41, 5.74) is 0.411. The first-order valence-corrected chi connectivity index (χ1v) is 8.25. The number of amides is 2.